The second-order valence-corrected chi connectivity index (χ2v) is 3.37. The fourth-order valence-electron chi connectivity index (χ4n) is 1.59. The molecule has 0 radical (unpaired) electrons. The highest BCUT2D eigenvalue weighted by molar-refractivity contribution is 5.73. The second-order valence-electron chi connectivity index (χ2n) is 3.37. The average Bonchev–Trinajstić information content (AvgIpc) is 2.16. The minimum atomic E-state index is -0.910. The third-order valence-corrected chi connectivity index (χ3v) is 2.35. The lowest BCUT2D eigenvalue weighted by Gasteiger charge is -2.22. The molecule has 1 aliphatic rings. The predicted octanol–water partition coefficient (Wildman–Crippen LogP) is 0.795. The highest BCUT2D eigenvalue weighted by Gasteiger charge is 2.24. The molecule has 0 fully saturated rings. The molecule has 74 valence electrons. The minimum absolute atomic E-state index is 0.331. The predicted molar refractivity (Wildman–Crippen MR) is 50.8 cm³/mol. The fraction of sp³-hybridized carbons (Fsp3) is 0.300. The van der Waals surface area contributed by atoms with Crippen LogP contribution < -0.4 is 5.73 Å². The Bertz CT molecular complexity index is 376. The summed E-state index contributed by atoms with van der Waals surface area (Å²) in [4.78, 5) is 10.7. The number of rotatable bonds is 1. The van der Waals surface area contributed by atoms with Gasteiger partial charge in [0.05, 0.1) is 6.61 Å². The van der Waals surface area contributed by atoms with Gasteiger partial charge in [-0.3, -0.25) is 0 Å². The van der Waals surface area contributed by atoms with E-state index in [4.69, 9.17) is 15.6 Å². The number of carboxylic acids is 1. The SMILES string of the molecule is Nc1ccc2c(c1)COC(C(=O)O)C2. The molecule has 1 heterocycles. The smallest absolute Gasteiger partial charge is 0.333 e. The van der Waals surface area contributed by atoms with Gasteiger partial charge in [-0.25, -0.2) is 4.79 Å². The van der Waals surface area contributed by atoms with Gasteiger partial charge in [0.25, 0.3) is 0 Å². The second kappa shape index (κ2) is 3.31. The van der Waals surface area contributed by atoms with Crippen LogP contribution >= 0.6 is 0 Å². The highest BCUT2D eigenvalue weighted by atomic mass is 16.5. The summed E-state index contributed by atoms with van der Waals surface area (Å²) in [5, 5.41) is 8.77. The molecule has 0 spiro atoms. The first-order chi connectivity index (χ1) is 6.66. The number of anilines is 1. The summed E-state index contributed by atoms with van der Waals surface area (Å²) >= 11 is 0. The first-order valence-corrected chi connectivity index (χ1v) is 4.38. The average molecular weight is 193 g/mol. The van der Waals surface area contributed by atoms with Crippen molar-refractivity contribution in [2.24, 2.45) is 0 Å². The Morgan fingerprint density at radius 2 is 2.29 bits per heavy atom. The highest BCUT2D eigenvalue weighted by Crippen LogP contribution is 2.22. The largest absolute Gasteiger partial charge is 0.479 e. The molecule has 1 aromatic carbocycles. The van der Waals surface area contributed by atoms with Crippen LogP contribution in [0.25, 0.3) is 0 Å². The van der Waals surface area contributed by atoms with Gasteiger partial charge in [0.1, 0.15) is 0 Å². The Labute approximate surface area is 81.3 Å². The number of nitrogen functional groups attached to an aromatic ring is 1. The lowest BCUT2D eigenvalue weighted by molar-refractivity contribution is -0.152. The van der Waals surface area contributed by atoms with E-state index in [1.807, 2.05) is 12.1 Å². The molecule has 0 saturated heterocycles. The number of hydrogen-bond acceptors (Lipinski definition) is 3. The third-order valence-electron chi connectivity index (χ3n) is 2.35. The maximum absolute atomic E-state index is 10.7. The number of ether oxygens (including phenoxy) is 1. The summed E-state index contributed by atoms with van der Waals surface area (Å²) in [7, 11) is 0. The zero-order chi connectivity index (χ0) is 10.1. The van der Waals surface area contributed by atoms with Gasteiger partial charge in [-0.05, 0) is 23.3 Å². The third kappa shape index (κ3) is 1.56. The van der Waals surface area contributed by atoms with Gasteiger partial charge in [0.15, 0.2) is 6.10 Å². The van der Waals surface area contributed by atoms with Crippen LogP contribution in [0.3, 0.4) is 0 Å². The minimum Gasteiger partial charge on any atom is -0.479 e. The van der Waals surface area contributed by atoms with E-state index in [1.165, 1.54) is 0 Å². The Balaban J connectivity index is 2.27. The zero-order valence-electron chi connectivity index (χ0n) is 7.56. The van der Waals surface area contributed by atoms with Gasteiger partial charge < -0.3 is 15.6 Å². The van der Waals surface area contributed by atoms with Gasteiger partial charge in [-0.2, -0.15) is 0 Å². The van der Waals surface area contributed by atoms with Crippen molar-refractivity contribution >= 4 is 11.7 Å². The number of fused-ring (bicyclic) bond motifs is 1. The van der Waals surface area contributed by atoms with E-state index in [0.29, 0.717) is 18.7 Å². The number of carbonyl (C=O) groups is 1. The van der Waals surface area contributed by atoms with Crippen molar-refractivity contribution in [3.63, 3.8) is 0 Å². The number of hydrogen-bond donors (Lipinski definition) is 2. The van der Waals surface area contributed by atoms with E-state index >= 15 is 0 Å². The van der Waals surface area contributed by atoms with Crippen LogP contribution in [0.2, 0.25) is 0 Å². The van der Waals surface area contributed by atoms with E-state index in [0.717, 1.165) is 11.1 Å². The molecule has 0 saturated carbocycles. The van der Waals surface area contributed by atoms with Crippen molar-refractivity contribution in [3.05, 3.63) is 29.3 Å². The van der Waals surface area contributed by atoms with Crippen molar-refractivity contribution in [1.82, 2.24) is 0 Å². The molecule has 2 rings (SSSR count). The van der Waals surface area contributed by atoms with Crippen LogP contribution in [0.1, 0.15) is 11.1 Å². The number of benzene rings is 1. The number of nitrogens with two attached hydrogens (primary N) is 1. The Hall–Kier alpha value is -1.55. The van der Waals surface area contributed by atoms with Crippen LogP contribution in [0.15, 0.2) is 18.2 Å². The Morgan fingerprint density at radius 3 is 3.00 bits per heavy atom. The molecule has 3 N–H and O–H groups in total. The summed E-state index contributed by atoms with van der Waals surface area (Å²) in [6, 6.07) is 5.47. The molecule has 0 aromatic heterocycles. The monoisotopic (exact) mass is 193 g/mol. The lowest BCUT2D eigenvalue weighted by atomic mass is 9.99. The van der Waals surface area contributed by atoms with E-state index in [-0.39, 0.29) is 0 Å². The molecule has 14 heavy (non-hydrogen) atoms. The Morgan fingerprint density at radius 1 is 1.50 bits per heavy atom. The summed E-state index contributed by atoms with van der Waals surface area (Å²) in [6.45, 7) is 0.331. The lowest BCUT2D eigenvalue weighted by Crippen LogP contribution is -2.30. The first-order valence-electron chi connectivity index (χ1n) is 4.38. The maximum atomic E-state index is 10.7. The zero-order valence-corrected chi connectivity index (χ0v) is 7.56. The van der Waals surface area contributed by atoms with Crippen LogP contribution in [0.5, 0.6) is 0 Å². The van der Waals surface area contributed by atoms with Crippen molar-refractivity contribution in [2.45, 2.75) is 19.1 Å². The van der Waals surface area contributed by atoms with Gasteiger partial charge in [-0.1, -0.05) is 6.07 Å². The Kier molecular flexibility index (Phi) is 2.13. The van der Waals surface area contributed by atoms with Crippen molar-refractivity contribution in [3.8, 4) is 0 Å². The molecular weight excluding hydrogens is 182 g/mol. The number of aliphatic carboxylic acids is 1. The van der Waals surface area contributed by atoms with Crippen molar-refractivity contribution < 1.29 is 14.6 Å². The molecular formula is C10H11NO3. The molecule has 0 amide bonds. The van der Waals surface area contributed by atoms with Gasteiger partial charge in [0.2, 0.25) is 0 Å². The summed E-state index contributed by atoms with van der Waals surface area (Å²) in [6.07, 6.45) is -0.295. The van der Waals surface area contributed by atoms with E-state index in [9.17, 15) is 4.79 Å². The van der Waals surface area contributed by atoms with Crippen LogP contribution in [0, 0.1) is 0 Å². The van der Waals surface area contributed by atoms with E-state index in [1.54, 1.807) is 6.07 Å². The summed E-state index contributed by atoms with van der Waals surface area (Å²) in [5.41, 5.74) is 8.29. The summed E-state index contributed by atoms with van der Waals surface area (Å²) in [5.74, 6) is -0.910. The quantitative estimate of drug-likeness (QED) is 0.647. The van der Waals surface area contributed by atoms with Crippen molar-refractivity contribution in [2.75, 3.05) is 5.73 Å². The van der Waals surface area contributed by atoms with Gasteiger partial charge >= 0.3 is 5.97 Å². The number of carboxylic acid groups (broad SMARTS) is 1. The first kappa shape index (κ1) is 9.02. The topological polar surface area (TPSA) is 72.5 Å². The summed E-state index contributed by atoms with van der Waals surface area (Å²) < 4.78 is 5.17. The standard InChI is InChI=1S/C10H11NO3/c11-8-2-1-6-4-9(10(12)13)14-5-7(6)3-8/h1-3,9H,4-5,11H2,(H,12,13). The molecule has 0 aliphatic carbocycles. The fourth-order valence-corrected chi connectivity index (χ4v) is 1.59. The molecule has 1 atom stereocenters. The molecule has 4 nitrogen and oxygen atoms in total. The van der Waals surface area contributed by atoms with Crippen LogP contribution in [-0.4, -0.2) is 17.2 Å². The van der Waals surface area contributed by atoms with Gasteiger partial charge in [-0.15, -0.1) is 0 Å². The molecule has 4 heteroatoms. The molecule has 1 aliphatic heterocycles. The van der Waals surface area contributed by atoms with Crippen molar-refractivity contribution in [1.29, 1.82) is 0 Å². The van der Waals surface area contributed by atoms with E-state index < -0.39 is 12.1 Å². The van der Waals surface area contributed by atoms with Crippen LogP contribution in [0.4, 0.5) is 5.69 Å². The van der Waals surface area contributed by atoms with Gasteiger partial charge in [0, 0.05) is 12.1 Å². The van der Waals surface area contributed by atoms with E-state index in [2.05, 4.69) is 0 Å². The normalized spacial score (nSPS) is 20.1. The molecule has 1 unspecified atom stereocenters. The van der Waals surface area contributed by atoms with Crippen LogP contribution in [-0.2, 0) is 22.6 Å². The molecule has 0 bridgehead atoms. The maximum Gasteiger partial charge on any atom is 0.333 e. The molecule has 1 aromatic rings.